The Bertz CT molecular complexity index is 324. The minimum atomic E-state index is -2.84. The maximum absolute atomic E-state index is 11.6. The average molecular weight is 261 g/mol. The first kappa shape index (κ1) is 15.0. The Morgan fingerprint density at radius 1 is 1.29 bits per heavy atom. The molecule has 0 aromatic carbocycles. The molecule has 0 aromatic rings. The normalized spacial score (nSPS) is 28.3. The molecule has 0 amide bonds. The van der Waals surface area contributed by atoms with Crippen LogP contribution in [0.3, 0.4) is 0 Å². The fourth-order valence-electron chi connectivity index (χ4n) is 2.65. The van der Waals surface area contributed by atoms with Gasteiger partial charge in [-0.1, -0.05) is 26.7 Å². The molecule has 3 nitrogen and oxygen atoms in total. The number of rotatable bonds is 5. The van der Waals surface area contributed by atoms with Crippen LogP contribution in [0.25, 0.3) is 0 Å². The molecule has 1 saturated carbocycles. The lowest BCUT2D eigenvalue weighted by Gasteiger charge is -2.29. The van der Waals surface area contributed by atoms with E-state index in [0.29, 0.717) is 11.8 Å². The summed E-state index contributed by atoms with van der Waals surface area (Å²) >= 11 is 0. The highest BCUT2D eigenvalue weighted by atomic mass is 32.2. The number of hydrogen-bond acceptors (Lipinski definition) is 3. The van der Waals surface area contributed by atoms with Crippen molar-refractivity contribution in [3.8, 4) is 0 Å². The first-order chi connectivity index (χ1) is 7.80. The van der Waals surface area contributed by atoms with Crippen LogP contribution in [-0.2, 0) is 9.84 Å². The van der Waals surface area contributed by atoms with E-state index in [1.54, 1.807) is 0 Å². The second-order valence-electron chi connectivity index (χ2n) is 5.97. The Labute approximate surface area is 106 Å². The van der Waals surface area contributed by atoms with Gasteiger partial charge >= 0.3 is 0 Å². The van der Waals surface area contributed by atoms with Crippen molar-refractivity contribution in [3.63, 3.8) is 0 Å². The molecule has 102 valence electrons. The standard InChI is InChI=1S/C13H27NO2S/c1-10(2)13(14)8-7-11-5-4-6-12(9-11)17(3,15)16/h10-13H,4-9,14H2,1-3H3. The van der Waals surface area contributed by atoms with Crippen molar-refractivity contribution in [3.05, 3.63) is 0 Å². The average Bonchev–Trinajstić information content (AvgIpc) is 2.25. The molecular weight excluding hydrogens is 234 g/mol. The lowest BCUT2D eigenvalue weighted by molar-refractivity contribution is 0.311. The molecule has 0 saturated heterocycles. The van der Waals surface area contributed by atoms with Crippen LogP contribution in [0, 0.1) is 11.8 Å². The summed E-state index contributed by atoms with van der Waals surface area (Å²) in [4.78, 5) is 0. The van der Waals surface area contributed by atoms with Gasteiger partial charge in [0.1, 0.15) is 9.84 Å². The second-order valence-corrected chi connectivity index (χ2v) is 8.30. The number of nitrogens with two attached hydrogens (primary N) is 1. The summed E-state index contributed by atoms with van der Waals surface area (Å²) in [5, 5.41) is -0.100. The van der Waals surface area contributed by atoms with Gasteiger partial charge in [0.05, 0.1) is 5.25 Å². The Balaban J connectivity index is 2.40. The summed E-state index contributed by atoms with van der Waals surface area (Å²) in [6.07, 6.45) is 7.43. The fourth-order valence-corrected chi connectivity index (χ4v) is 3.87. The molecule has 1 rings (SSSR count). The first-order valence-electron chi connectivity index (χ1n) is 6.75. The van der Waals surface area contributed by atoms with Crippen molar-refractivity contribution in [1.82, 2.24) is 0 Å². The third-order valence-corrected chi connectivity index (χ3v) is 5.74. The van der Waals surface area contributed by atoms with Crippen molar-refractivity contribution >= 4 is 9.84 Å². The van der Waals surface area contributed by atoms with Crippen LogP contribution in [0.1, 0.15) is 52.4 Å². The van der Waals surface area contributed by atoms with E-state index >= 15 is 0 Å². The molecule has 0 aliphatic heterocycles. The maximum Gasteiger partial charge on any atom is 0.150 e. The van der Waals surface area contributed by atoms with Crippen LogP contribution in [0.15, 0.2) is 0 Å². The van der Waals surface area contributed by atoms with Crippen molar-refractivity contribution in [1.29, 1.82) is 0 Å². The fraction of sp³-hybridized carbons (Fsp3) is 1.00. The van der Waals surface area contributed by atoms with Crippen LogP contribution >= 0.6 is 0 Å². The molecule has 1 fully saturated rings. The van der Waals surface area contributed by atoms with Gasteiger partial charge < -0.3 is 5.73 Å². The zero-order valence-electron chi connectivity index (χ0n) is 11.4. The van der Waals surface area contributed by atoms with Gasteiger partial charge in [0.2, 0.25) is 0 Å². The lowest BCUT2D eigenvalue weighted by Crippen LogP contribution is -2.30. The molecule has 0 heterocycles. The lowest BCUT2D eigenvalue weighted by atomic mass is 9.84. The highest BCUT2D eigenvalue weighted by Crippen LogP contribution is 2.31. The molecule has 0 bridgehead atoms. The predicted molar refractivity (Wildman–Crippen MR) is 72.6 cm³/mol. The molecule has 0 spiro atoms. The SMILES string of the molecule is CC(C)C(N)CCC1CCCC(S(C)(=O)=O)C1. The van der Waals surface area contributed by atoms with E-state index in [4.69, 9.17) is 5.73 Å². The first-order valence-corrected chi connectivity index (χ1v) is 8.70. The Morgan fingerprint density at radius 2 is 1.94 bits per heavy atom. The molecule has 1 aliphatic rings. The summed E-state index contributed by atoms with van der Waals surface area (Å²) < 4.78 is 23.1. The Kier molecular flexibility index (Phi) is 5.45. The molecule has 2 N–H and O–H groups in total. The zero-order chi connectivity index (χ0) is 13.1. The molecule has 4 heteroatoms. The van der Waals surface area contributed by atoms with E-state index in [1.807, 2.05) is 0 Å². The van der Waals surface area contributed by atoms with Crippen molar-refractivity contribution in [2.45, 2.75) is 63.7 Å². The van der Waals surface area contributed by atoms with Crippen LogP contribution in [0.2, 0.25) is 0 Å². The maximum atomic E-state index is 11.6. The summed E-state index contributed by atoms with van der Waals surface area (Å²) in [5.41, 5.74) is 6.04. The molecule has 3 atom stereocenters. The summed E-state index contributed by atoms with van der Waals surface area (Å²) in [5.74, 6) is 1.08. The van der Waals surface area contributed by atoms with E-state index in [0.717, 1.165) is 32.1 Å². The highest BCUT2D eigenvalue weighted by Gasteiger charge is 2.28. The third kappa shape index (κ3) is 4.96. The van der Waals surface area contributed by atoms with E-state index < -0.39 is 9.84 Å². The second kappa shape index (κ2) is 6.19. The minimum Gasteiger partial charge on any atom is -0.327 e. The van der Waals surface area contributed by atoms with Crippen LogP contribution < -0.4 is 5.73 Å². The highest BCUT2D eigenvalue weighted by molar-refractivity contribution is 7.91. The van der Waals surface area contributed by atoms with Crippen molar-refractivity contribution in [2.24, 2.45) is 17.6 Å². The molecule has 17 heavy (non-hydrogen) atoms. The summed E-state index contributed by atoms with van der Waals surface area (Å²) in [6.45, 7) is 4.29. The van der Waals surface area contributed by atoms with Gasteiger partial charge in [0.15, 0.2) is 0 Å². The van der Waals surface area contributed by atoms with Crippen molar-refractivity contribution < 1.29 is 8.42 Å². The number of sulfone groups is 1. The smallest absolute Gasteiger partial charge is 0.150 e. The molecular formula is C13H27NO2S. The monoisotopic (exact) mass is 261 g/mol. The Hall–Kier alpha value is -0.0900. The van der Waals surface area contributed by atoms with Gasteiger partial charge in [0, 0.05) is 12.3 Å². The molecule has 0 radical (unpaired) electrons. The van der Waals surface area contributed by atoms with E-state index in [-0.39, 0.29) is 11.3 Å². The van der Waals surface area contributed by atoms with Gasteiger partial charge in [0.25, 0.3) is 0 Å². The zero-order valence-corrected chi connectivity index (χ0v) is 12.2. The number of hydrogen-bond donors (Lipinski definition) is 1. The van der Waals surface area contributed by atoms with E-state index in [2.05, 4.69) is 13.8 Å². The van der Waals surface area contributed by atoms with Gasteiger partial charge in [-0.3, -0.25) is 0 Å². The van der Waals surface area contributed by atoms with Gasteiger partial charge in [-0.2, -0.15) is 0 Å². The topological polar surface area (TPSA) is 60.2 Å². The van der Waals surface area contributed by atoms with Gasteiger partial charge in [-0.25, -0.2) is 8.42 Å². The third-order valence-electron chi connectivity index (χ3n) is 4.10. The van der Waals surface area contributed by atoms with Crippen molar-refractivity contribution in [2.75, 3.05) is 6.26 Å². The van der Waals surface area contributed by atoms with E-state index in [1.165, 1.54) is 12.7 Å². The molecule has 3 unspecified atom stereocenters. The minimum absolute atomic E-state index is 0.100. The van der Waals surface area contributed by atoms with Crippen LogP contribution in [0.4, 0.5) is 0 Å². The van der Waals surface area contributed by atoms with E-state index in [9.17, 15) is 8.42 Å². The molecule has 1 aliphatic carbocycles. The quantitative estimate of drug-likeness (QED) is 0.826. The Morgan fingerprint density at radius 3 is 2.47 bits per heavy atom. The summed E-state index contributed by atoms with van der Waals surface area (Å²) in [7, 11) is -2.84. The van der Waals surface area contributed by atoms with Crippen LogP contribution in [0.5, 0.6) is 0 Å². The van der Waals surface area contributed by atoms with Gasteiger partial charge in [-0.05, 0) is 37.5 Å². The molecule has 0 aromatic heterocycles. The predicted octanol–water partition coefficient (Wildman–Crippen LogP) is 2.35. The van der Waals surface area contributed by atoms with Crippen LogP contribution in [-0.4, -0.2) is 26.0 Å². The van der Waals surface area contributed by atoms with Gasteiger partial charge in [-0.15, -0.1) is 0 Å². The summed E-state index contributed by atoms with van der Waals surface area (Å²) in [6, 6.07) is 0.258. The largest absolute Gasteiger partial charge is 0.327 e.